The molecule has 1 aromatic heterocycles. The van der Waals surface area contributed by atoms with Gasteiger partial charge >= 0.3 is 5.97 Å². The molecule has 19 heavy (non-hydrogen) atoms. The van der Waals surface area contributed by atoms with Crippen LogP contribution in [0.4, 0.5) is 0 Å². The SMILES string of the molecule is CCSC1CCCC1NCc1ncccc1C(=O)O. The Morgan fingerprint density at radius 3 is 3.16 bits per heavy atom. The van der Waals surface area contributed by atoms with Gasteiger partial charge in [0.1, 0.15) is 0 Å². The first-order chi connectivity index (χ1) is 9.22. The normalized spacial score (nSPS) is 22.6. The van der Waals surface area contributed by atoms with E-state index in [4.69, 9.17) is 5.11 Å². The van der Waals surface area contributed by atoms with Gasteiger partial charge < -0.3 is 10.4 Å². The maximum absolute atomic E-state index is 11.1. The van der Waals surface area contributed by atoms with Crippen molar-refractivity contribution in [1.82, 2.24) is 10.3 Å². The molecule has 1 fully saturated rings. The fourth-order valence-corrected chi connectivity index (χ4v) is 3.80. The molecule has 0 radical (unpaired) electrons. The van der Waals surface area contributed by atoms with E-state index in [0.29, 0.717) is 29.1 Å². The molecule has 0 spiro atoms. The molecule has 104 valence electrons. The monoisotopic (exact) mass is 280 g/mol. The van der Waals surface area contributed by atoms with Crippen LogP contribution in [0.5, 0.6) is 0 Å². The summed E-state index contributed by atoms with van der Waals surface area (Å²) in [5, 5.41) is 13.3. The summed E-state index contributed by atoms with van der Waals surface area (Å²) in [5.74, 6) is 0.225. The van der Waals surface area contributed by atoms with Gasteiger partial charge in [0.25, 0.3) is 0 Å². The topological polar surface area (TPSA) is 62.2 Å². The zero-order valence-electron chi connectivity index (χ0n) is 11.1. The Labute approximate surface area is 118 Å². The molecule has 0 saturated heterocycles. The zero-order chi connectivity index (χ0) is 13.7. The Kier molecular flexibility index (Phi) is 5.22. The van der Waals surface area contributed by atoms with Crippen molar-refractivity contribution in [3.05, 3.63) is 29.6 Å². The maximum Gasteiger partial charge on any atom is 0.337 e. The van der Waals surface area contributed by atoms with Crippen molar-refractivity contribution in [3.63, 3.8) is 0 Å². The fraction of sp³-hybridized carbons (Fsp3) is 0.571. The van der Waals surface area contributed by atoms with E-state index < -0.39 is 5.97 Å². The molecular formula is C14H20N2O2S. The van der Waals surface area contributed by atoms with Crippen LogP contribution in [0, 0.1) is 0 Å². The minimum Gasteiger partial charge on any atom is -0.478 e. The summed E-state index contributed by atoms with van der Waals surface area (Å²) in [6, 6.07) is 3.76. The molecule has 1 aromatic rings. The van der Waals surface area contributed by atoms with Crippen LogP contribution in [-0.2, 0) is 6.54 Å². The first-order valence-corrected chi connectivity index (χ1v) is 7.79. The third kappa shape index (κ3) is 3.70. The summed E-state index contributed by atoms with van der Waals surface area (Å²) in [6.45, 7) is 2.72. The second kappa shape index (κ2) is 6.91. The van der Waals surface area contributed by atoms with Gasteiger partial charge in [-0.3, -0.25) is 4.98 Å². The average molecular weight is 280 g/mol. The lowest BCUT2D eigenvalue weighted by molar-refractivity contribution is 0.0695. The van der Waals surface area contributed by atoms with Crippen molar-refractivity contribution in [2.45, 2.75) is 44.0 Å². The Balaban J connectivity index is 1.97. The van der Waals surface area contributed by atoms with E-state index in [1.807, 2.05) is 11.8 Å². The zero-order valence-corrected chi connectivity index (χ0v) is 11.9. The first-order valence-electron chi connectivity index (χ1n) is 6.74. The van der Waals surface area contributed by atoms with Gasteiger partial charge in [-0.2, -0.15) is 11.8 Å². The summed E-state index contributed by atoms with van der Waals surface area (Å²) in [6.07, 6.45) is 5.33. The Hall–Kier alpha value is -1.07. The van der Waals surface area contributed by atoms with E-state index in [1.165, 1.54) is 19.3 Å². The van der Waals surface area contributed by atoms with Crippen molar-refractivity contribution in [1.29, 1.82) is 0 Å². The number of carboxylic acid groups (broad SMARTS) is 1. The summed E-state index contributed by atoms with van der Waals surface area (Å²) < 4.78 is 0. The van der Waals surface area contributed by atoms with E-state index in [9.17, 15) is 4.79 Å². The van der Waals surface area contributed by atoms with Gasteiger partial charge in [0.15, 0.2) is 0 Å². The largest absolute Gasteiger partial charge is 0.478 e. The lowest BCUT2D eigenvalue weighted by Gasteiger charge is -2.20. The number of carboxylic acids is 1. The second-order valence-electron chi connectivity index (χ2n) is 4.71. The molecule has 2 unspecified atom stereocenters. The number of hydrogen-bond donors (Lipinski definition) is 2. The number of aromatic nitrogens is 1. The Morgan fingerprint density at radius 2 is 2.42 bits per heavy atom. The highest BCUT2D eigenvalue weighted by Gasteiger charge is 2.27. The molecule has 2 rings (SSSR count). The van der Waals surface area contributed by atoms with Crippen LogP contribution in [0.3, 0.4) is 0 Å². The van der Waals surface area contributed by atoms with Crippen molar-refractivity contribution in [3.8, 4) is 0 Å². The van der Waals surface area contributed by atoms with Gasteiger partial charge in [0.05, 0.1) is 11.3 Å². The first kappa shape index (κ1) is 14.3. The fourth-order valence-electron chi connectivity index (χ4n) is 2.57. The molecule has 4 nitrogen and oxygen atoms in total. The highest BCUT2D eigenvalue weighted by molar-refractivity contribution is 7.99. The Morgan fingerprint density at radius 1 is 1.58 bits per heavy atom. The molecule has 1 heterocycles. The van der Waals surface area contributed by atoms with Crippen LogP contribution in [0.2, 0.25) is 0 Å². The van der Waals surface area contributed by atoms with E-state index in [1.54, 1.807) is 18.3 Å². The molecule has 0 aromatic carbocycles. The number of carbonyl (C=O) groups is 1. The number of nitrogens with one attached hydrogen (secondary N) is 1. The van der Waals surface area contributed by atoms with Crippen molar-refractivity contribution in [2.24, 2.45) is 0 Å². The number of rotatable bonds is 6. The minimum atomic E-state index is -0.907. The van der Waals surface area contributed by atoms with E-state index in [0.717, 1.165) is 5.75 Å². The van der Waals surface area contributed by atoms with Gasteiger partial charge in [-0.1, -0.05) is 13.3 Å². The van der Waals surface area contributed by atoms with Gasteiger partial charge in [0.2, 0.25) is 0 Å². The predicted molar refractivity (Wildman–Crippen MR) is 77.6 cm³/mol. The molecule has 2 atom stereocenters. The predicted octanol–water partition coefficient (Wildman–Crippen LogP) is 2.54. The number of nitrogens with zero attached hydrogens (tertiary/aromatic N) is 1. The van der Waals surface area contributed by atoms with E-state index in [2.05, 4.69) is 17.2 Å². The molecule has 0 aliphatic heterocycles. The summed E-state index contributed by atoms with van der Waals surface area (Å²) in [4.78, 5) is 15.3. The minimum absolute atomic E-state index is 0.299. The van der Waals surface area contributed by atoms with Crippen LogP contribution in [0.15, 0.2) is 18.3 Å². The molecular weight excluding hydrogens is 260 g/mol. The highest BCUT2D eigenvalue weighted by Crippen LogP contribution is 2.30. The third-order valence-electron chi connectivity index (χ3n) is 3.49. The number of thioether (sulfide) groups is 1. The molecule has 0 bridgehead atoms. The second-order valence-corrected chi connectivity index (χ2v) is 6.23. The third-order valence-corrected chi connectivity index (χ3v) is 4.81. The van der Waals surface area contributed by atoms with Crippen LogP contribution in [0.1, 0.15) is 42.2 Å². The number of aromatic carboxylic acids is 1. The van der Waals surface area contributed by atoms with Gasteiger partial charge in [-0.15, -0.1) is 0 Å². The molecule has 2 N–H and O–H groups in total. The average Bonchev–Trinajstić information content (AvgIpc) is 2.84. The lowest BCUT2D eigenvalue weighted by atomic mass is 10.1. The summed E-state index contributed by atoms with van der Waals surface area (Å²) in [5.41, 5.74) is 0.926. The van der Waals surface area contributed by atoms with E-state index in [-0.39, 0.29) is 0 Å². The van der Waals surface area contributed by atoms with E-state index >= 15 is 0 Å². The molecule has 1 aliphatic rings. The summed E-state index contributed by atoms with van der Waals surface area (Å²) in [7, 11) is 0. The lowest BCUT2D eigenvalue weighted by Crippen LogP contribution is -2.34. The number of pyridine rings is 1. The quantitative estimate of drug-likeness (QED) is 0.838. The van der Waals surface area contributed by atoms with Crippen LogP contribution in [0.25, 0.3) is 0 Å². The highest BCUT2D eigenvalue weighted by atomic mass is 32.2. The van der Waals surface area contributed by atoms with Crippen molar-refractivity contribution >= 4 is 17.7 Å². The van der Waals surface area contributed by atoms with Crippen molar-refractivity contribution < 1.29 is 9.90 Å². The molecule has 1 saturated carbocycles. The van der Waals surface area contributed by atoms with Crippen LogP contribution in [-0.4, -0.2) is 33.1 Å². The Bertz CT molecular complexity index is 439. The number of hydrogen-bond acceptors (Lipinski definition) is 4. The molecule has 0 amide bonds. The van der Waals surface area contributed by atoms with Crippen molar-refractivity contribution in [2.75, 3.05) is 5.75 Å². The molecule has 5 heteroatoms. The summed E-state index contributed by atoms with van der Waals surface area (Å²) >= 11 is 1.99. The van der Waals surface area contributed by atoms with Crippen LogP contribution >= 0.6 is 11.8 Å². The van der Waals surface area contributed by atoms with Gasteiger partial charge in [-0.25, -0.2) is 4.79 Å². The van der Waals surface area contributed by atoms with Gasteiger partial charge in [0, 0.05) is 24.0 Å². The smallest absolute Gasteiger partial charge is 0.337 e. The van der Waals surface area contributed by atoms with Gasteiger partial charge in [-0.05, 0) is 30.7 Å². The maximum atomic E-state index is 11.1. The molecule has 1 aliphatic carbocycles. The van der Waals surface area contributed by atoms with Crippen LogP contribution < -0.4 is 5.32 Å². The standard InChI is InChI=1S/C14H20N2O2S/c1-2-19-13-7-3-6-11(13)16-9-12-10(14(17)18)5-4-8-15-12/h4-5,8,11,13,16H,2-3,6-7,9H2,1H3,(H,17,18).